The van der Waals surface area contributed by atoms with Gasteiger partial charge in [-0.1, -0.05) is 0 Å². The second-order valence-corrected chi connectivity index (χ2v) is 3.74. The average Bonchev–Trinajstić information content (AvgIpc) is 2.73. The van der Waals surface area contributed by atoms with Crippen LogP contribution in [0.4, 0.5) is 0 Å². The number of nitrogens with zero attached hydrogens (tertiary/aromatic N) is 1. The van der Waals surface area contributed by atoms with Gasteiger partial charge in [0.15, 0.2) is 0 Å². The molecule has 0 bridgehead atoms. The molecule has 1 aliphatic rings. The van der Waals surface area contributed by atoms with E-state index in [4.69, 9.17) is 5.73 Å². The number of aromatic amines is 1. The summed E-state index contributed by atoms with van der Waals surface area (Å²) in [6.07, 6.45) is 5.76. The number of nitrogens with one attached hydrogen (secondary N) is 2. The van der Waals surface area contributed by atoms with Crippen LogP contribution in [0, 0.1) is 0 Å². The molecule has 1 aliphatic carbocycles. The SMILES string of the molecule is NC1(C(=O)NCCc2cnc[nH]2)CC1. The van der Waals surface area contributed by atoms with E-state index >= 15 is 0 Å². The van der Waals surface area contributed by atoms with E-state index in [9.17, 15) is 4.79 Å². The summed E-state index contributed by atoms with van der Waals surface area (Å²) in [5.74, 6) is -0.0305. The Balaban J connectivity index is 1.71. The molecule has 2 rings (SSSR count). The number of carbonyl (C=O) groups is 1. The lowest BCUT2D eigenvalue weighted by Gasteiger charge is -2.08. The fourth-order valence-electron chi connectivity index (χ4n) is 1.27. The number of nitrogens with two attached hydrogens (primary N) is 1. The predicted octanol–water partition coefficient (Wildman–Crippen LogP) is -0.440. The summed E-state index contributed by atoms with van der Waals surface area (Å²) in [5, 5.41) is 2.81. The lowest BCUT2D eigenvalue weighted by Crippen LogP contribution is -2.43. The third kappa shape index (κ3) is 1.93. The lowest BCUT2D eigenvalue weighted by atomic mass is 10.2. The molecule has 0 aromatic carbocycles. The van der Waals surface area contributed by atoms with Crippen molar-refractivity contribution < 1.29 is 4.79 Å². The van der Waals surface area contributed by atoms with E-state index in [-0.39, 0.29) is 5.91 Å². The Labute approximate surface area is 82.1 Å². The molecule has 0 radical (unpaired) electrons. The van der Waals surface area contributed by atoms with Gasteiger partial charge in [0.25, 0.3) is 0 Å². The maximum absolute atomic E-state index is 11.4. The molecule has 76 valence electrons. The van der Waals surface area contributed by atoms with Crippen LogP contribution in [0.5, 0.6) is 0 Å². The molecule has 1 aromatic rings. The van der Waals surface area contributed by atoms with Crippen molar-refractivity contribution in [2.75, 3.05) is 6.54 Å². The van der Waals surface area contributed by atoms with Crippen LogP contribution in [0.2, 0.25) is 0 Å². The first-order valence-corrected chi connectivity index (χ1v) is 4.75. The van der Waals surface area contributed by atoms with Gasteiger partial charge in [0, 0.05) is 24.9 Å². The number of hydrogen-bond acceptors (Lipinski definition) is 3. The minimum Gasteiger partial charge on any atom is -0.354 e. The third-order valence-electron chi connectivity index (χ3n) is 2.48. The molecule has 1 aromatic heterocycles. The fourth-order valence-corrected chi connectivity index (χ4v) is 1.27. The Kier molecular flexibility index (Phi) is 2.25. The number of hydrogen-bond donors (Lipinski definition) is 3. The quantitative estimate of drug-likeness (QED) is 0.607. The van der Waals surface area contributed by atoms with Gasteiger partial charge in [0.1, 0.15) is 0 Å². The minimum atomic E-state index is -0.562. The fraction of sp³-hybridized carbons (Fsp3) is 0.556. The summed E-state index contributed by atoms with van der Waals surface area (Å²) in [6.45, 7) is 0.611. The molecule has 1 heterocycles. The first-order valence-electron chi connectivity index (χ1n) is 4.75. The number of H-pyrrole nitrogens is 1. The topological polar surface area (TPSA) is 83.8 Å². The Morgan fingerprint density at radius 1 is 1.71 bits per heavy atom. The normalized spacial score (nSPS) is 17.8. The van der Waals surface area contributed by atoms with E-state index < -0.39 is 5.54 Å². The van der Waals surface area contributed by atoms with Gasteiger partial charge < -0.3 is 16.0 Å². The zero-order valence-electron chi connectivity index (χ0n) is 7.92. The van der Waals surface area contributed by atoms with Gasteiger partial charge in [-0.25, -0.2) is 4.98 Å². The number of aromatic nitrogens is 2. The van der Waals surface area contributed by atoms with Crippen LogP contribution in [0.15, 0.2) is 12.5 Å². The Bertz CT molecular complexity index is 316. The van der Waals surface area contributed by atoms with E-state index in [1.54, 1.807) is 12.5 Å². The van der Waals surface area contributed by atoms with Gasteiger partial charge in [-0.15, -0.1) is 0 Å². The number of rotatable bonds is 4. The zero-order valence-corrected chi connectivity index (χ0v) is 7.92. The maximum atomic E-state index is 11.4. The second-order valence-electron chi connectivity index (χ2n) is 3.74. The van der Waals surface area contributed by atoms with Crippen molar-refractivity contribution in [3.63, 3.8) is 0 Å². The van der Waals surface area contributed by atoms with E-state index in [0.29, 0.717) is 6.54 Å². The van der Waals surface area contributed by atoms with Crippen molar-refractivity contribution in [1.82, 2.24) is 15.3 Å². The van der Waals surface area contributed by atoms with Gasteiger partial charge in [0.2, 0.25) is 5.91 Å². The molecule has 0 unspecified atom stereocenters. The van der Waals surface area contributed by atoms with Crippen LogP contribution in [0.1, 0.15) is 18.5 Å². The summed E-state index contributed by atoms with van der Waals surface area (Å²) in [7, 11) is 0. The van der Waals surface area contributed by atoms with Crippen molar-refractivity contribution in [2.24, 2.45) is 5.73 Å². The lowest BCUT2D eigenvalue weighted by molar-refractivity contribution is -0.123. The molecule has 1 fully saturated rings. The van der Waals surface area contributed by atoms with Gasteiger partial charge in [-0.2, -0.15) is 0 Å². The molecular weight excluding hydrogens is 180 g/mol. The van der Waals surface area contributed by atoms with Crippen LogP contribution in [0.25, 0.3) is 0 Å². The van der Waals surface area contributed by atoms with Gasteiger partial charge >= 0.3 is 0 Å². The van der Waals surface area contributed by atoms with Crippen LogP contribution >= 0.6 is 0 Å². The molecular formula is C9H14N4O. The summed E-state index contributed by atoms with van der Waals surface area (Å²) >= 11 is 0. The highest BCUT2D eigenvalue weighted by Crippen LogP contribution is 2.31. The summed E-state index contributed by atoms with van der Waals surface area (Å²) < 4.78 is 0. The first kappa shape index (κ1) is 9.21. The molecule has 0 spiro atoms. The average molecular weight is 194 g/mol. The predicted molar refractivity (Wildman–Crippen MR) is 51.5 cm³/mol. The minimum absolute atomic E-state index is 0.0305. The van der Waals surface area contributed by atoms with Crippen LogP contribution in [-0.4, -0.2) is 28.0 Å². The van der Waals surface area contributed by atoms with Crippen LogP contribution < -0.4 is 11.1 Å². The number of carbonyl (C=O) groups excluding carboxylic acids is 1. The van der Waals surface area contributed by atoms with Crippen molar-refractivity contribution >= 4 is 5.91 Å². The largest absolute Gasteiger partial charge is 0.354 e. The summed E-state index contributed by atoms with van der Waals surface area (Å²) in [5.41, 5.74) is 6.18. The van der Waals surface area contributed by atoms with Gasteiger partial charge in [0.05, 0.1) is 11.9 Å². The molecule has 1 saturated carbocycles. The molecule has 14 heavy (non-hydrogen) atoms. The van der Waals surface area contributed by atoms with Crippen LogP contribution in [0.3, 0.4) is 0 Å². The van der Waals surface area contributed by atoms with Crippen molar-refractivity contribution in [3.8, 4) is 0 Å². The summed E-state index contributed by atoms with van der Waals surface area (Å²) in [6, 6.07) is 0. The highest BCUT2D eigenvalue weighted by Gasteiger charge is 2.45. The van der Waals surface area contributed by atoms with E-state index in [2.05, 4.69) is 15.3 Å². The maximum Gasteiger partial charge on any atom is 0.240 e. The molecule has 4 N–H and O–H groups in total. The van der Waals surface area contributed by atoms with Crippen molar-refractivity contribution in [3.05, 3.63) is 18.2 Å². The number of imidazole rings is 1. The molecule has 0 atom stereocenters. The van der Waals surface area contributed by atoms with Gasteiger partial charge in [-0.3, -0.25) is 4.79 Å². The summed E-state index contributed by atoms with van der Waals surface area (Å²) in [4.78, 5) is 18.3. The standard InChI is InChI=1S/C9H14N4O/c10-9(2-3-9)8(14)12-4-1-7-5-11-6-13-7/h5-6H,1-4,10H2,(H,11,13)(H,12,14). The second kappa shape index (κ2) is 3.42. The Morgan fingerprint density at radius 2 is 2.50 bits per heavy atom. The van der Waals surface area contributed by atoms with E-state index in [0.717, 1.165) is 25.0 Å². The number of amides is 1. The molecule has 0 saturated heterocycles. The van der Waals surface area contributed by atoms with E-state index in [1.165, 1.54) is 0 Å². The van der Waals surface area contributed by atoms with E-state index in [1.807, 2.05) is 0 Å². The molecule has 1 amide bonds. The van der Waals surface area contributed by atoms with Crippen molar-refractivity contribution in [1.29, 1.82) is 0 Å². The highest BCUT2D eigenvalue weighted by atomic mass is 16.2. The van der Waals surface area contributed by atoms with Gasteiger partial charge in [-0.05, 0) is 12.8 Å². The Morgan fingerprint density at radius 3 is 3.07 bits per heavy atom. The zero-order chi connectivity index (χ0) is 10.0. The van der Waals surface area contributed by atoms with Crippen LogP contribution in [-0.2, 0) is 11.2 Å². The first-order chi connectivity index (χ1) is 6.71. The smallest absolute Gasteiger partial charge is 0.240 e. The molecule has 5 heteroatoms. The molecule has 0 aliphatic heterocycles. The van der Waals surface area contributed by atoms with Crippen molar-refractivity contribution in [2.45, 2.75) is 24.8 Å². The molecule has 5 nitrogen and oxygen atoms in total. The third-order valence-corrected chi connectivity index (χ3v) is 2.48. The monoisotopic (exact) mass is 194 g/mol. The highest BCUT2D eigenvalue weighted by molar-refractivity contribution is 5.88. The Hall–Kier alpha value is -1.36.